The molecular weight excluding hydrogens is 116 g/mol. The lowest BCUT2D eigenvalue weighted by atomic mass is 10.1. The summed E-state index contributed by atoms with van der Waals surface area (Å²) in [7, 11) is 1.97. The molecule has 0 radical (unpaired) electrons. The third-order valence-electron chi connectivity index (χ3n) is 1.64. The highest BCUT2D eigenvalue weighted by atomic mass is 16.3. The van der Waals surface area contributed by atoms with Gasteiger partial charge in [0, 0.05) is 19.1 Å². The number of likely N-dealkylation sites (N-methyl/N-ethyl adjacent to an activating group) is 1. The van der Waals surface area contributed by atoms with Gasteiger partial charge in [0.25, 0.3) is 0 Å². The van der Waals surface area contributed by atoms with Gasteiger partial charge in [-0.3, -0.25) is 0 Å². The third kappa shape index (κ3) is 1.93. The molecule has 1 aliphatic rings. The van der Waals surface area contributed by atoms with E-state index in [1.807, 2.05) is 7.05 Å². The van der Waals surface area contributed by atoms with Crippen molar-refractivity contribution in [2.75, 3.05) is 20.1 Å². The molecule has 0 aromatic rings. The van der Waals surface area contributed by atoms with Crippen molar-refractivity contribution >= 4 is 0 Å². The number of hydrogen-bond donors (Lipinski definition) is 2. The Balaban J connectivity index is 2.34. The first-order chi connectivity index (χ1) is 4.18. The molecule has 0 aromatic carbocycles. The van der Waals surface area contributed by atoms with Crippen molar-refractivity contribution < 1.29 is 5.11 Å². The molecule has 1 saturated heterocycles. The molecule has 0 aliphatic carbocycles. The van der Waals surface area contributed by atoms with E-state index < -0.39 is 0 Å². The number of hydrogen-bond acceptors (Lipinski definition) is 3. The molecule has 0 bridgehead atoms. The summed E-state index contributed by atoms with van der Waals surface area (Å²) in [6, 6.07) is 0.166. The normalized spacial score (nSPS) is 39.0. The zero-order valence-corrected chi connectivity index (χ0v) is 5.75. The molecule has 0 amide bonds. The molecule has 54 valence electrons. The molecule has 2 atom stereocenters. The SMILES string of the molecule is CN1C[C@H](N)C[C@H](O)C1. The number of nitrogens with two attached hydrogens (primary N) is 1. The van der Waals surface area contributed by atoms with E-state index in [1.165, 1.54) is 0 Å². The van der Waals surface area contributed by atoms with Gasteiger partial charge in [-0.05, 0) is 13.5 Å². The van der Waals surface area contributed by atoms with Crippen molar-refractivity contribution in [2.24, 2.45) is 5.73 Å². The van der Waals surface area contributed by atoms with E-state index >= 15 is 0 Å². The maximum atomic E-state index is 9.13. The topological polar surface area (TPSA) is 49.5 Å². The number of aliphatic hydroxyl groups is 1. The molecule has 0 spiro atoms. The zero-order chi connectivity index (χ0) is 6.85. The molecule has 0 aromatic heterocycles. The van der Waals surface area contributed by atoms with E-state index in [0.29, 0.717) is 0 Å². The maximum Gasteiger partial charge on any atom is 0.0682 e. The number of nitrogens with zero attached hydrogens (tertiary/aromatic N) is 1. The van der Waals surface area contributed by atoms with Crippen molar-refractivity contribution in [3.63, 3.8) is 0 Å². The smallest absolute Gasteiger partial charge is 0.0682 e. The van der Waals surface area contributed by atoms with Crippen LogP contribution in [0.15, 0.2) is 0 Å². The highest BCUT2D eigenvalue weighted by Gasteiger charge is 2.19. The predicted octanol–water partition coefficient (Wildman–Crippen LogP) is -0.990. The number of aliphatic hydroxyl groups excluding tert-OH is 1. The maximum absolute atomic E-state index is 9.13. The molecular formula is C6H14N2O. The van der Waals surface area contributed by atoms with Crippen molar-refractivity contribution in [3.8, 4) is 0 Å². The Morgan fingerprint density at radius 3 is 2.67 bits per heavy atom. The lowest BCUT2D eigenvalue weighted by molar-refractivity contribution is 0.0740. The summed E-state index contributed by atoms with van der Waals surface area (Å²) >= 11 is 0. The van der Waals surface area contributed by atoms with Crippen LogP contribution >= 0.6 is 0 Å². The fourth-order valence-electron chi connectivity index (χ4n) is 1.33. The summed E-state index contributed by atoms with van der Waals surface area (Å²) < 4.78 is 0. The monoisotopic (exact) mass is 130 g/mol. The minimum atomic E-state index is -0.209. The average Bonchev–Trinajstić information content (AvgIpc) is 1.59. The number of β-amino-alcohol motifs (C(OH)–C–C–N with tert-alkyl or cyclic N) is 1. The van der Waals surface area contributed by atoms with E-state index in [2.05, 4.69) is 4.90 Å². The van der Waals surface area contributed by atoms with E-state index in [-0.39, 0.29) is 12.1 Å². The Morgan fingerprint density at radius 2 is 2.22 bits per heavy atom. The third-order valence-corrected chi connectivity index (χ3v) is 1.64. The van der Waals surface area contributed by atoms with Crippen LogP contribution in [-0.2, 0) is 0 Å². The second-order valence-electron chi connectivity index (χ2n) is 2.87. The molecule has 1 fully saturated rings. The van der Waals surface area contributed by atoms with Gasteiger partial charge >= 0.3 is 0 Å². The molecule has 3 N–H and O–H groups in total. The van der Waals surface area contributed by atoms with E-state index in [9.17, 15) is 0 Å². The molecule has 1 heterocycles. The van der Waals surface area contributed by atoms with E-state index in [0.717, 1.165) is 19.5 Å². The van der Waals surface area contributed by atoms with Gasteiger partial charge in [-0.15, -0.1) is 0 Å². The van der Waals surface area contributed by atoms with Crippen molar-refractivity contribution in [1.29, 1.82) is 0 Å². The fraction of sp³-hybridized carbons (Fsp3) is 1.00. The Hall–Kier alpha value is -0.120. The van der Waals surface area contributed by atoms with Crippen LogP contribution in [0.1, 0.15) is 6.42 Å². The minimum Gasteiger partial charge on any atom is -0.392 e. The Labute approximate surface area is 55.5 Å². The fourth-order valence-corrected chi connectivity index (χ4v) is 1.33. The van der Waals surface area contributed by atoms with Crippen LogP contribution in [0.25, 0.3) is 0 Å². The predicted molar refractivity (Wildman–Crippen MR) is 36.1 cm³/mol. The van der Waals surface area contributed by atoms with Crippen LogP contribution < -0.4 is 5.73 Å². The largest absolute Gasteiger partial charge is 0.392 e. The minimum absolute atomic E-state index is 0.166. The van der Waals surface area contributed by atoms with E-state index in [4.69, 9.17) is 10.8 Å². The molecule has 0 unspecified atom stereocenters. The highest BCUT2D eigenvalue weighted by molar-refractivity contribution is 4.78. The highest BCUT2D eigenvalue weighted by Crippen LogP contribution is 2.05. The standard InChI is InChI=1S/C6H14N2O/c1-8-3-5(7)2-6(9)4-8/h5-6,9H,2-4,7H2,1H3/t5-,6+/m1/s1. The Bertz CT molecular complexity index is 72.0. The van der Waals surface area contributed by atoms with Gasteiger partial charge in [0.15, 0.2) is 0 Å². The molecule has 3 heteroatoms. The Kier molecular flexibility index (Phi) is 2.05. The molecule has 3 nitrogen and oxygen atoms in total. The van der Waals surface area contributed by atoms with E-state index in [1.54, 1.807) is 0 Å². The van der Waals surface area contributed by atoms with Crippen LogP contribution in [0.4, 0.5) is 0 Å². The van der Waals surface area contributed by atoms with Crippen molar-refractivity contribution in [2.45, 2.75) is 18.6 Å². The molecule has 0 saturated carbocycles. The van der Waals surface area contributed by atoms with Gasteiger partial charge in [-0.25, -0.2) is 0 Å². The summed E-state index contributed by atoms with van der Waals surface area (Å²) in [5.74, 6) is 0. The summed E-state index contributed by atoms with van der Waals surface area (Å²) in [5.41, 5.74) is 5.61. The lowest BCUT2D eigenvalue weighted by Crippen LogP contribution is -2.47. The molecule has 1 aliphatic heterocycles. The van der Waals surface area contributed by atoms with Gasteiger partial charge in [0.05, 0.1) is 6.10 Å². The average molecular weight is 130 g/mol. The second-order valence-corrected chi connectivity index (χ2v) is 2.87. The van der Waals surface area contributed by atoms with Crippen LogP contribution in [0, 0.1) is 0 Å². The van der Waals surface area contributed by atoms with Crippen LogP contribution in [0.2, 0.25) is 0 Å². The summed E-state index contributed by atoms with van der Waals surface area (Å²) in [6.07, 6.45) is 0.545. The van der Waals surface area contributed by atoms with Crippen LogP contribution in [0.3, 0.4) is 0 Å². The lowest BCUT2D eigenvalue weighted by Gasteiger charge is -2.30. The quantitative estimate of drug-likeness (QED) is 0.442. The molecule has 1 rings (SSSR count). The van der Waals surface area contributed by atoms with Gasteiger partial charge in [0.2, 0.25) is 0 Å². The second kappa shape index (κ2) is 2.64. The van der Waals surface area contributed by atoms with Gasteiger partial charge in [-0.1, -0.05) is 0 Å². The van der Waals surface area contributed by atoms with Crippen molar-refractivity contribution in [3.05, 3.63) is 0 Å². The first kappa shape index (κ1) is 6.99. The summed E-state index contributed by atoms with van der Waals surface area (Å²) in [4.78, 5) is 2.05. The van der Waals surface area contributed by atoms with Gasteiger partial charge in [-0.2, -0.15) is 0 Å². The molecule has 9 heavy (non-hydrogen) atoms. The van der Waals surface area contributed by atoms with Crippen molar-refractivity contribution in [1.82, 2.24) is 4.90 Å². The van der Waals surface area contributed by atoms with Gasteiger partial charge < -0.3 is 15.7 Å². The summed E-state index contributed by atoms with van der Waals surface area (Å²) in [6.45, 7) is 1.69. The van der Waals surface area contributed by atoms with Gasteiger partial charge in [0.1, 0.15) is 0 Å². The van der Waals surface area contributed by atoms with Crippen LogP contribution in [0.5, 0.6) is 0 Å². The number of likely N-dealkylation sites (tertiary alicyclic amines) is 1. The number of rotatable bonds is 0. The summed E-state index contributed by atoms with van der Waals surface area (Å²) in [5, 5.41) is 9.13. The number of piperidine rings is 1. The first-order valence-corrected chi connectivity index (χ1v) is 3.30. The first-order valence-electron chi connectivity index (χ1n) is 3.30. The zero-order valence-electron chi connectivity index (χ0n) is 5.75. The Morgan fingerprint density at radius 1 is 1.56 bits per heavy atom. The van der Waals surface area contributed by atoms with Crippen LogP contribution in [-0.4, -0.2) is 42.3 Å².